The molecule has 0 aliphatic carbocycles. The molecule has 44 valence electrons. The molecule has 0 bridgehead atoms. The van der Waals surface area contributed by atoms with Crippen LogP contribution < -0.4 is 113 Å². The number of aliphatic hydroxyl groups excluding tert-OH is 1. The van der Waals surface area contributed by atoms with Crippen molar-refractivity contribution in [1.29, 1.82) is 0 Å². The van der Waals surface area contributed by atoms with Crippen LogP contribution in [0, 0.1) is 0 Å². The maximum absolute atomic E-state index is 8.33. The zero-order valence-corrected chi connectivity index (χ0v) is 12.1. The zero-order valence-electron chi connectivity index (χ0n) is 5.88. The minimum atomic E-state index is -2.33. The maximum atomic E-state index is 8.33. The normalized spacial score (nSPS) is 4.67. The van der Waals surface area contributed by atoms with E-state index in [-0.39, 0.29) is 109 Å². The molecular weight excluding hydrogens is 178 g/mol. The molecule has 1 N–H and O–H groups in total. The van der Waals surface area contributed by atoms with Crippen molar-refractivity contribution in [2.24, 2.45) is 0 Å². The van der Waals surface area contributed by atoms with E-state index in [1.165, 1.54) is 0 Å². The van der Waals surface area contributed by atoms with Gasteiger partial charge in [0.2, 0.25) is 0 Å². The predicted molar refractivity (Wildman–Crippen MR) is 18.2 cm³/mol. The summed E-state index contributed by atoms with van der Waals surface area (Å²) >= 11 is 0. The van der Waals surface area contributed by atoms with Crippen molar-refractivity contribution >= 4 is 6.16 Å². The van der Waals surface area contributed by atoms with Gasteiger partial charge in [0.15, 0.2) is 0 Å². The topological polar surface area (TPSA) is 83.4 Å². The predicted octanol–water partition coefficient (Wildman–Crippen LogP) is -8.44. The zero-order chi connectivity index (χ0) is 6.28. The Hall–Kier alpha value is 2.50. The van der Waals surface area contributed by atoms with Crippen LogP contribution in [0.2, 0.25) is 0 Å². The van der Waals surface area contributed by atoms with Crippen molar-refractivity contribution in [3.05, 3.63) is 0 Å². The van der Waals surface area contributed by atoms with E-state index in [0.717, 1.165) is 0 Å². The van der Waals surface area contributed by atoms with Crippen LogP contribution in [0.1, 0.15) is 6.92 Å². The molecule has 0 rings (SSSR count). The summed E-state index contributed by atoms with van der Waals surface area (Å²) in [4.78, 5) is 8.33. The second-order valence-corrected chi connectivity index (χ2v) is 0.566. The molecule has 0 aromatic carbocycles. The van der Waals surface area contributed by atoms with Gasteiger partial charge in [-0.3, -0.25) is 0 Å². The van der Waals surface area contributed by atoms with E-state index < -0.39 is 6.16 Å². The Morgan fingerprint density at radius 3 is 1.44 bits per heavy atom. The van der Waals surface area contributed by atoms with Crippen LogP contribution in [0.15, 0.2) is 0 Å². The molecule has 0 saturated carbocycles. The quantitative estimate of drug-likeness (QED) is 0.379. The summed E-state index contributed by atoms with van der Waals surface area (Å²) in [5.41, 5.74) is 0. The van der Waals surface area contributed by atoms with Crippen LogP contribution in [0.25, 0.3) is 0 Å². The van der Waals surface area contributed by atoms with Crippen molar-refractivity contribution < 1.29 is 123 Å². The largest absolute Gasteiger partial charge is 1.00 e. The average molecular weight is 184 g/mol. The smallest absolute Gasteiger partial charge is 0.652 e. The van der Waals surface area contributed by atoms with Gasteiger partial charge in [-0.15, -0.1) is 0 Å². The first kappa shape index (κ1) is 22.5. The summed E-state index contributed by atoms with van der Waals surface area (Å²) in [5.74, 6) is 0. The number of carbonyl (C=O) groups excluding carboxylic acids is 1. The summed E-state index contributed by atoms with van der Waals surface area (Å²) < 4.78 is 0. The van der Waals surface area contributed by atoms with Gasteiger partial charge in [-0.05, 0) is 13.1 Å². The van der Waals surface area contributed by atoms with Crippen LogP contribution in [-0.2, 0) is 0 Å². The van der Waals surface area contributed by atoms with Crippen molar-refractivity contribution in [1.82, 2.24) is 0 Å². The van der Waals surface area contributed by atoms with Crippen molar-refractivity contribution in [3.63, 3.8) is 0 Å². The third-order valence-corrected chi connectivity index (χ3v) is 0. The molecule has 0 amide bonds. The van der Waals surface area contributed by atoms with Gasteiger partial charge in [0.1, 0.15) is 0 Å². The Bertz CT molecular complexity index is 45.1. The number of carbonyl (C=O) groups is 1. The minimum absolute atomic E-state index is 0. The van der Waals surface area contributed by atoms with Gasteiger partial charge in [-0.2, -0.15) is 0 Å². The fourth-order valence-electron chi connectivity index (χ4n) is 0. The molecule has 0 heterocycles. The molecule has 4 nitrogen and oxygen atoms in total. The SMILES string of the molecule is CCO.O=C([O-])[O-].[K+].[K+]. The van der Waals surface area contributed by atoms with E-state index in [4.69, 9.17) is 20.1 Å². The fraction of sp³-hybridized carbons (Fsp3) is 0.667. The molecule has 0 saturated heterocycles. The van der Waals surface area contributed by atoms with Gasteiger partial charge in [0, 0.05) is 6.61 Å². The number of hydrogen-bond donors (Lipinski definition) is 1. The van der Waals surface area contributed by atoms with Gasteiger partial charge in [-0.1, -0.05) is 0 Å². The molecule has 0 aliphatic heterocycles. The molecule has 0 aromatic heterocycles. The average Bonchev–Trinajstić information content (AvgIpc) is 1.33. The third kappa shape index (κ3) is 121. The monoisotopic (exact) mass is 184 g/mol. The van der Waals surface area contributed by atoms with E-state index in [9.17, 15) is 0 Å². The molecular formula is C3H6K2O4. The molecule has 6 heteroatoms. The summed E-state index contributed by atoms with van der Waals surface area (Å²) in [5, 5.41) is 24.2. The summed E-state index contributed by atoms with van der Waals surface area (Å²) in [6.07, 6.45) is -2.33. The second kappa shape index (κ2) is 22.4. The Labute approximate surface area is 139 Å². The van der Waals surface area contributed by atoms with Crippen LogP contribution in [-0.4, -0.2) is 17.9 Å². The molecule has 0 atom stereocenters. The van der Waals surface area contributed by atoms with Gasteiger partial charge in [0.05, 0.1) is 0 Å². The van der Waals surface area contributed by atoms with Gasteiger partial charge in [-0.25, -0.2) is 0 Å². The minimum Gasteiger partial charge on any atom is -0.652 e. The molecule has 0 unspecified atom stereocenters. The molecule has 0 fully saturated rings. The van der Waals surface area contributed by atoms with Crippen LogP contribution in [0.5, 0.6) is 0 Å². The van der Waals surface area contributed by atoms with Gasteiger partial charge in [0.25, 0.3) is 0 Å². The van der Waals surface area contributed by atoms with Crippen molar-refractivity contribution in [3.8, 4) is 0 Å². The van der Waals surface area contributed by atoms with E-state index in [0.29, 0.717) is 0 Å². The first-order valence-corrected chi connectivity index (χ1v) is 1.64. The molecule has 0 radical (unpaired) electrons. The molecule has 0 aliphatic rings. The number of rotatable bonds is 0. The van der Waals surface area contributed by atoms with Crippen LogP contribution in [0.4, 0.5) is 4.79 Å². The van der Waals surface area contributed by atoms with E-state index >= 15 is 0 Å². The Balaban J connectivity index is -0.0000000233. The fourth-order valence-corrected chi connectivity index (χ4v) is 0. The molecule has 0 aromatic rings. The first-order valence-electron chi connectivity index (χ1n) is 1.64. The molecule has 9 heavy (non-hydrogen) atoms. The summed E-state index contributed by atoms with van der Waals surface area (Å²) in [6.45, 7) is 1.93. The van der Waals surface area contributed by atoms with E-state index in [1.807, 2.05) is 0 Å². The van der Waals surface area contributed by atoms with Crippen LogP contribution >= 0.6 is 0 Å². The van der Waals surface area contributed by atoms with Crippen molar-refractivity contribution in [2.75, 3.05) is 6.61 Å². The number of aliphatic hydroxyl groups is 1. The maximum Gasteiger partial charge on any atom is 1.00 e. The van der Waals surface area contributed by atoms with Gasteiger partial charge < -0.3 is 20.1 Å². The summed E-state index contributed by atoms with van der Waals surface area (Å²) in [7, 11) is 0. The molecule has 0 spiro atoms. The first-order chi connectivity index (χ1) is 3.15. The van der Waals surface area contributed by atoms with Gasteiger partial charge >= 0.3 is 103 Å². The summed E-state index contributed by atoms with van der Waals surface area (Å²) in [6, 6.07) is 0. The second-order valence-electron chi connectivity index (χ2n) is 0.566. The van der Waals surface area contributed by atoms with Crippen molar-refractivity contribution in [2.45, 2.75) is 6.92 Å². The standard InChI is InChI=1S/C2H6O.CH2O3.2K/c1-2-3;2-1(3)4;;/h3H,2H2,1H3;(H2,2,3,4);;/q;;2*+1/p-2. The Kier molecular flexibility index (Phi) is 56.2. The Morgan fingerprint density at radius 2 is 1.44 bits per heavy atom. The van der Waals surface area contributed by atoms with E-state index in [2.05, 4.69) is 0 Å². The Morgan fingerprint density at radius 1 is 1.44 bits per heavy atom. The third-order valence-electron chi connectivity index (χ3n) is 0. The van der Waals surface area contributed by atoms with E-state index in [1.54, 1.807) is 6.92 Å². The number of hydrogen-bond acceptors (Lipinski definition) is 4. The van der Waals surface area contributed by atoms with Crippen LogP contribution in [0.3, 0.4) is 0 Å². The number of carboxylic acid groups (broad SMARTS) is 2.